The second-order valence-corrected chi connectivity index (χ2v) is 5.35. The zero-order valence-electron chi connectivity index (χ0n) is 13.0. The van der Waals surface area contributed by atoms with E-state index in [1.54, 1.807) is 6.07 Å². The summed E-state index contributed by atoms with van der Waals surface area (Å²) < 4.78 is 39.3. The van der Waals surface area contributed by atoms with Crippen molar-refractivity contribution in [3.63, 3.8) is 0 Å². The summed E-state index contributed by atoms with van der Waals surface area (Å²) in [5.74, 6) is -1.85. The number of amides is 1. The number of carbonyl (C=O) groups excluding carboxylic acids is 1. The molecule has 0 spiro atoms. The molecule has 7 nitrogen and oxygen atoms in total. The van der Waals surface area contributed by atoms with E-state index in [-0.39, 0.29) is 12.2 Å². The third kappa shape index (κ3) is 3.79. The Morgan fingerprint density at radius 1 is 1.19 bits per heavy atom. The summed E-state index contributed by atoms with van der Waals surface area (Å²) >= 11 is 0. The van der Waals surface area contributed by atoms with E-state index >= 15 is 0 Å². The molecule has 1 aromatic carbocycles. The molecule has 0 fully saturated rings. The van der Waals surface area contributed by atoms with Crippen LogP contribution in [0.1, 0.15) is 16.2 Å². The van der Waals surface area contributed by atoms with Gasteiger partial charge in [0.15, 0.2) is 0 Å². The first-order valence-electron chi connectivity index (χ1n) is 7.27. The Balaban J connectivity index is 1.82. The van der Waals surface area contributed by atoms with Crippen molar-refractivity contribution in [1.82, 2.24) is 14.8 Å². The number of benzene rings is 1. The number of aliphatic carboxylic acids is 1. The van der Waals surface area contributed by atoms with Crippen molar-refractivity contribution in [1.29, 1.82) is 0 Å². The van der Waals surface area contributed by atoms with Crippen molar-refractivity contribution in [2.24, 2.45) is 0 Å². The van der Waals surface area contributed by atoms with Crippen LogP contribution in [-0.4, -0.2) is 31.7 Å². The molecule has 10 heteroatoms. The first-order chi connectivity index (χ1) is 12.2. The first kappa shape index (κ1) is 17.4. The molecule has 0 saturated heterocycles. The Morgan fingerprint density at radius 2 is 1.96 bits per heavy atom. The molecular formula is C16H11F3N4O3. The van der Waals surface area contributed by atoms with Crippen LogP contribution >= 0.6 is 0 Å². The number of nitrogens with zero attached hydrogens (tertiary/aromatic N) is 3. The number of carboxylic acids is 1. The number of nitrogens with one attached hydrogen (secondary N) is 1. The molecule has 0 aliphatic heterocycles. The van der Waals surface area contributed by atoms with Gasteiger partial charge in [0.05, 0.1) is 5.52 Å². The second-order valence-electron chi connectivity index (χ2n) is 5.35. The van der Waals surface area contributed by atoms with Crippen LogP contribution in [0, 0.1) is 0 Å². The number of alkyl halides is 3. The minimum absolute atomic E-state index is 0.315. The summed E-state index contributed by atoms with van der Waals surface area (Å²) in [6.45, 7) is -0.315. The van der Waals surface area contributed by atoms with Crippen LogP contribution < -0.4 is 5.32 Å². The number of aromatic nitrogens is 3. The van der Waals surface area contributed by atoms with Crippen molar-refractivity contribution in [3.05, 3.63) is 54.0 Å². The van der Waals surface area contributed by atoms with Crippen molar-refractivity contribution < 1.29 is 27.9 Å². The zero-order valence-corrected chi connectivity index (χ0v) is 13.0. The number of hydrogen-bond donors (Lipinski definition) is 2. The first-order valence-corrected chi connectivity index (χ1v) is 7.27. The fraction of sp³-hybridized carbons (Fsp3) is 0.125. The Morgan fingerprint density at radius 3 is 2.65 bits per heavy atom. The van der Waals surface area contributed by atoms with E-state index in [2.05, 4.69) is 15.4 Å². The average Bonchev–Trinajstić information content (AvgIpc) is 2.94. The maximum absolute atomic E-state index is 12.7. The van der Waals surface area contributed by atoms with Crippen molar-refractivity contribution in [3.8, 4) is 0 Å². The number of fused-ring (bicyclic) bond motifs is 1. The molecule has 26 heavy (non-hydrogen) atoms. The van der Waals surface area contributed by atoms with Gasteiger partial charge in [-0.1, -0.05) is 6.07 Å². The minimum atomic E-state index is -4.64. The normalized spacial score (nSPS) is 11.5. The number of pyridine rings is 1. The lowest BCUT2D eigenvalue weighted by Crippen LogP contribution is -2.16. The van der Waals surface area contributed by atoms with Crippen LogP contribution in [0.25, 0.3) is 10.9 Å². The average molecular weight is 364 g/mol. The molecule has 3 aromatic rings. The largest absolute Gasteiger partial charge is 0.480 e. The van der Waals surface area contributed by atoms with Gasteiger partial charge in [0, 0.05) is 17.3 Å². The maximum atomic E-state index is 12.7. The number of halogens is 3. The molecule has 2 aromatic heterocycles. The topological polar surface area (TPSA) is 97.1 Å². The van der Waals surface area contributed by atoms with E-state index in [0.717, 1.165) is 12.1 Å². The van der Waals surface area contributed by atoms with Crippen LogP contribution in [0.5, 0.6) is 0 Å². The molecule has 0 aliphatic carbocycles. The standard InChI is InChI=1S/C16H11F3N4O3/c17-16(18,19)13-3-1-2-12(21-13)15(26)20-10-4-5-11-9(6-10)7-23(22-11)8-14(24)25/h1-7H,8H2,(H,20,26)(H,24,25). The Bertz CT molecular complexity index is 998. The highest BCUT2D eigenvalue weighted by molar-refractivity contribution is 6.03. The fourth-order valence-corrected chi connectivity index (χ4v) is 2.29. The number of carbonyl (C=O) groups is 2. The lowest BCUT2D eigenvalue weighted by atomic mass is 10.2. The van der Waals surface area contributed by atoms with Gasteiger partial charge in [-0.15, -0.1) is 0 Å². The molecule has 134 valence electrons. The quantitative estimate of drug-likeness (QED) is 0.742. The summed E-state index contributed by atoms with van der Waals surface area (Å²) in [6.07, 6.45) is -3.16. The Hall–Kier alpha value is -3.43. The summed E-state index contributed by atoms with van der Waals surface area (Å²) in [5.41, 5.74) is -0.699. The van der Waals surface area contributed by atoms with Crippen molar-refractivity contribution >= 4 is 28.5 Å². The van der Waals surface area contributed by atoms with E-state index in [1.165, 1.54) is 29.1 Å². The second kappa shape index (κ2) is 6.47. The van der Waals surface area contributed by atoms with Crippen LogP contribution in [0.3, 0.4) is 0 Å². The molecule has 0 bridgehead atoms. The highest BCUT2D eigenvalue weighted by Gasteiger charge is 2.32. The van der Waals surface area contributed by atoms with E-state index in [4.69, 9.17) is 5.11 Å². The van der Waals surface area contributed by atoms with Gasteiger partial charge in [0.1, 0.15) is 17.9 Å². The molecule has 2 heterocycles. The molecule has 0 aliphatic rings. The van der Waals surface area contributed by atoms with E-state index in [0.29, 0.717) is 16.6 Å². The Kier molecular flexibility index (Phi) is 4.33. The van der Waals surface area contributed by atoms with E-state index in [9.17, 15) is 22.8 Å². The molecule has 0 saturated carbocycles. The predicted octanol–water partition coefficient (Wildman–Crippen LogP) is 2.79. The predicted molar refractivity (Wildman–Crippen MR) is 84.6 cm³/mol. The third-order valence-corrected chi connectivity index (χ3v) is 3.38. The smallest absolute Gasteiger partial charge is 0.433 e. The summed E-state index contributed by atoms with van der Waals surface area (Å²) in [4.78, 5) is 26.2. The lowest BCUT2D eigenvalue weighted by Gasteiger charge is -2.08. The van der Waals surface area contributed by atoms with E-state index in [1.807, 2.05) is 0 Å². The van der Waals surface area contributed by atoms with Crippen LogP contribution in [0.2, 0.25) is 0 Å². The van der Waals surface area contributed by atoms with Gasteiger partial charge in [0.2, 0.25) is 0 Å². The lowest BCUT2D eigenvalue weighted by molar-refractivity contribution is -0.141. The van der Waals surface area contributed by atoms with Gasteiger partial charge in [-0.05, 0) is 30.3 Å². The molecule has 1 amide bonds. The molecule has 2 N–H and O–H groups in total. The van der Waals surface area contributed by atoms with E-state index < -0.39 is 23.7 Å². The molecule has 0 atom stereocenters. The van der Waals surface area contributed by atoms with Gasteiger partial charge in [-0.3, -0.25) is 14.3 Å². The number of rotatable bonds is 4. The van der Waals surface area contributed by atoms with Gasteiger partial charge >= 0.3 is 12.1 Å². The van der Waals surface area contributed by atoms with Crippen molar-refractivity contribution in [2.45, 2.75) is 12.7 Å². The Labute approximate surface area is 144 Å². The third-order valence-electron chi connectivity index (χ3n) is 3.38. The van der Waals surface area contributed by atoms with Crippen molar-refractivity contribution in [2.75, 3.05) is 5.32 Å². The molecular weight excluding hydrogens is 353 g/mol. The molecule has 0 radical (unpaired) electrons. The number of anilines is 1. The zero-order chi connectivity index (χ0) is 18.9. The van der Waals surface area contributed by atoms with Crippen LogP contribution in [-0.2, 0) is 17.5 Å². The highest BCUT2D eigenvalue weighted by Crippen LogP contribution is 2.27. The maximum Gasteiger partial charge on any atom is 0.433 e. The van der Waals surface area contributed by atoms with Gasteiger partial charge < -0.3 is 10.4 Å². The highest BCUT2D eigenvalue weighted by atomic mass is 19.4. The monoisotopic (exact) mass is 364 g/mol. The summed E-state index contributed by atoms with van der Waals surface area (Å²) in [5, 5.41) is 15.8. The SMILES string of the molecule is O=C(O)Cn1cc2cc(NC(=O)c3cccc(C(F)(F)F)n3)ccc2n1. The summed E-state index contributed by atoms with van der Waals surface area (Å²) in [7, 11) is 0. The minimum Gasteiger partial charge on any atom is -0.480 e. The number of hydrogen-bond acceptors (Lipinski definition) is 4. The van der Waals surface area contributed by atoms with Crippen LogP contribution in [0.15, 0.2) is 42.6 Å². The molecule has 3 rings (SSSR count). The fourth-order valence-electron chi connectivity index (χ4n) is 2.29. The van der Waals surface area contributed by atoms with Gasteiger partial charge in [0.25, 0.3) is 5.91 Å². The summed E-state index contributed by atoms with van der Waals surface area (Å²) in [6, 6.07) is 7.65. The molecule has 0 unspecified atom stereocenters. The van der Waals surface area contributed by atoms with Gasteiger partial charge in [-0.25, -0.2) is 4.98 Å². The number of carboxylic acid groups (broad SMARTS) is 1. The van der Waals surface area contributed by atoms with Crippen LogP contribution in [0.4, 0.5) is 18.9 Å². The van der Waals surface area contributed by atoms with Gasteiger partial charge in [-0.2, -0.15) is 18.3 Å².